The van der Waals surface area contributed by atoms with Gasteiger partial charge in [0.2, 0.25) is 0 Å². The number of nitrogens with zero attached hydrogens (tertiary/aromatic N) is 3. The Morgan fingerprint density at radius 3 is 1.34 bits per heavy atom. The average Bonchev–Trinajstić information content (AvgIpc) is 3.94. The summed E-state index contributed by atoms with van der Waals surface area (Å²) in [6, 6.07) is 89.4. The number of benzene rings is 11. The molecule has 0 aliphatic rings. The van der Waals surface area contributed by atoms with E-state index in [1.807, 2.05) is 23.5 Å². The highest BCUT2D eigenvalue weighted by atomic mass is 32.1. The van der Waals surface area contributed by atoms with Gasteiger partial charge in [-0.3, -0.25) is 0 Å². The Bertz CT molecular complexity index is 3900. The predicted molar refractivity (Wildman–Crippen MR) is 286 cm³/mol. The Morgan fingerprint density at radius 1 is 0.239 bits per heavy atom. The third-order valence-corrected chi connectivity index (χ3v) is 14.1. The van der Waals surface area contributed by atoms with E-state index in [1.54, 1.807) is 0 Å². The van der Waals surface area contributed by atoms with Crippen LogP contribution < -0.4 is 14.7 Å². The molecule has 2 heterocycles. The van der Waals surface area contributed by atoms with Crippen LogP contribution >= 0.6 is 11.3 Å². The van der Waals surface area contributed by atoms with Crippen LogP contribution in [0.1, 0.15) is 0 Å². The van der Waals surface area contributed by atoms with E-state index in [0.717, 1.165) is 78.5 Å². The van der Waals surface area contributed by atoms with Crippen LogP contribution in [-0.2, 0) is 0 Å². The lowest BCUT2D eigenvalue weighted by molar-refractivity contribution is 0.669. The van der Waals surface area contributed by atoms with Crippen LogP contribution in [0.4, 0.5) is 51.2 Å². The van der Waals surface area contributed by atoms with Crippen molar-refractivity contribution in [2.75, 3.05) is 14.7 Å². The molecular weight excluding hydrogens is 835 g/mol. The summed E-state index contributed by atoms with van der Waals surface area (Å²) in [5, 5.41) is 9.50. The highest BCUT2D eigenvalue weighted by Crippen LogP contribution is 2.46. The zero-order chi connectivity index (χ0) is 44.3. The molecular formula is C62H41N3OS. The maximum absolute atomic E-state index is 6.31. The van der Waals surface area contributed by atoms with E-state index in [0.29, 0.717) is 0 Å². The van der Waals surface area contributed by atoms with Gasteiger partial charge in [0.1, 0.15) is 11.2 Å². The number of fused-ring (bicyclic) bond motifs is 9. The molecule has 5 heteroatoms. The SMILES string of the molecule is c1ccc(N(c2cccc(N(c3ccccc3)c3ccc4ccc5cc6oc7ccccc7c6cc5c4c3)c2)c2ccc3c(c2)sc2ccc(N(c4ccccc4)c4ccccc4)cc23)cc1. The second-order valence-electron chi connectivity index (χ2n) is 17.0. The summed E-state index contributed by atoms with van der Waals surface area (Å²) >= 11 is 1.84. The summed E-state index contributed by atoms with van der Waals surface area (Å²) in [7, 11) is 0. The first-order chi connectivity index (χ1) is 33.2. The highest BCUT2D eigenvalue weighted by molar-refractivity contribution is 7.25. The molecule has 0 N–H and O–H groups in total. The Balaban J connectivity index is 0.928. The molecule has 0 amide bonds. The molecule has 0 aliphatic heterocycles. The first-order valence-electron chi connectivity index (χ1n) is 22.6. The van der Waals surface area contributed by atoms with Gasteiger partial charge in [0.15, 0.2) is 0 Å². The Hall–Kier alpha value is -8.64. The summed E-state index contributed by atoms with van der Waals surface area (Å²) in [4.78, 5) is 7.08. The lowest BCUT2D eigenvalue weighted by Crippen LogP contribution is -2.13. The highest BCUT2D eigenvalue weighted by Gasteiger charge is 2.20. The third-order valence-electron chi connectivity index (χ3n) is 12.9. The standard InChI is InChI=1S/C62H41N3OS/c1-5-16-44(17-6-1)63(45-18-7-2-8-19-45)51-33-35-61-58(39-51)54-34-32-52(40-62(54)67-61)65(47-22-11-4-12-23-47)49-25-15-24-48(37-49)64(46-20-9-3-10-21-46)50-31-30-42-28-29-43-36-60-57(41-56(43)55(42)38-50)53-26-13-14-27-59(53)66-60/h1-41H. The molecule has 0 fully saturated rings. The van der Waals surface area contributed by atoms with Gasteiger partial charge in [0, 0.05) is 82.1 Å². The monoisotopic (exact) mass is 875 g/mol. The summed E-state index contributed by atoms with van der Waals surface area (Å²) in [6.07, 6.45) is 0. The van der Waals surface area contributed by atoms with Gasteiger partial charge in [-0.2, -0.15) is 0 Å². The van der Waals surface area contributed by atoms with Crippen molar-refractivity contribution in [2.24, 2.45) is 0 Å². The van der Waals surface area contributed by atoms with Crippen LogP contribution in [0.25, 0.3) is 63.7 Å². The zero-order valence-corrected chi connectivity index (χ0v) is 37.1. The van der Waals surface area contributed by atoms with E-state index in [4.69, 9.17) is 4.42 Å². The molecule has 0 unspecified atom stereocenters. The molecule has 67 heavy (non-hydrogen) atoms. The van der Waals surface area contributed by atoms with E-state index in [1.165, 1.54) is 36.3 Å². The summed E-state index contributed by atoms with van der Waals surface area (Å²) in [6.45, 7) is 0. The van der Waals surface area contributed by atoms with Gasteiger partial charge in [-0.1, -0.05) is 121 Å². The normalized spacial score (nSPS) is 11.6. The van der Waals surface area contributed by atoms with Crippen LogP contribution in [0.3, 0.4) is 0 Å². The maximum atomic E-state index is 6.31. The fourth-order valence-electron chi connectivity index (χ4n) is 9.85. The van der Waals surface area contributed by atoms with Gasteiger partial charge < -0.3 is 19.1 Å². The van der Waals surface area contributed by atoms with Crippen molar-refractivity contribution in [3.63, 3.8) is 0 Å². The largest absolute Gasteiger partial charge is 0.456 e. The fraction of sp³-hybridized carbons (Fsp3) is 0. The minimum atomic E-state index is 0.907. The summed E-state index contributed by atoms with van der Waals surface area (Å²) in [5.74, 6) is 0. The molecule has 4 nitrogen and oxygen atoms in total. The van der Waals surface area contributed by atoms with Gasteiger partial charge in [0.05, 0.1) is 0 Å². The number of hydrogen-bond acceptors (Lipinski definition) is 5. The van der Waals surface area contributed by atoms with Crippen molar-refractivity contribution in [3.8, 4) is 0 Å². The molecule has 316 valence electrons. The van der Waals surface area contributed by atoms with E-state index in [9.17, 15) is 0 Å². The van der Waals surface area contributed by atoms with Crippen molar-refractivity contribution in [3.05, 3.63) is 249 Å². The maximum Gasteiger partial charge on any atom is 0.136 e. The quantitative estimate of drug-likeness (QED) is 0.135. The van der Waals surface area contributed by atoms with Crippen LogP contribution in [0.15, 0.2) is 253 Å². The van der Waals surface area contributed by atoms with E-state index < -0.39 is 0 Å². The van der Waals surface area contributed by atoms with E-state index in [-0.39, 0.29) is 0 Å². The van der Waals surface area contributed by atoms with Gasteiger partial charge >= 0.3 is 0 Å². The molecule has 0 aliphatic carbocycles. The minimum absolute atomic E-state index is 0.907. The Labute approximate surface area is 392 Å². The Morgan fingerprint density at radius 2 is 0.701 bits per heavy atom. The topological polar surface area (TPSA) is 22.9 Å². The fourth-order valence-corrected chi connectivity index (χ4v) is 11.0. The zero-order valence-electron chi connectivity index (χ0n) is 36.3. The number of thiophene rings is 1. The van der Waals surface area contributed by atoms with E-state index >= 15 is 0 Å². The molecule has 2 aromatic heterocycles. The van der Waals surface area contributed by atoms with Gasteiger partial charge in [-0.05, 0) is 149 Å². The molecule has 0 saturated carbocycles. The Kier molecular flexibility index (Phi) is 9.32. The van der Waals surface area contributed by atoms with Crippen LogP contribution in [0, 0.1) is 0 Å². The minimum Gasteiger partial charge on any atom is -0.456 e. The van der Waals surface area contributed by atoms with Crippen molar-refractivity contribution in [1.29, 1.82) is 0 Å². The number of rotatable bonds is 9. The summed E-state index contributed by atoms with van der Waals surface area (Å²) < 4.78 is 8.80. The molecule has 11 aromatic carbocycles. The predicted octanol–water partition coefficient (Wildman–Crippen LogP) is 18.7. The van der Waals surface area contributed by atoms with Gasteiger partial charge in [-0.15, -0.1) is 11.3 Å². The molecule has 0 atom stereocenters. The molecule has 0 spiro atoms. The number of anilines is 9. The molecule has 0 radical (unpaired) electrons. The number of para-hydroxylation sites is 5. The average molecular weight is 876 g/mol. The molecule has 13 aromatic rings. The smallest absolute Gasteiger partial charge is 0.136 e. The summed E-state index contributed by atoms with van der Waals surface area (Å²) in [5.41, 5.74) is 11.7. The van der Waals surface area contributed by atoms with Crippen LogP contribution in [-0.4, -0.2) is 0 Å². The van der Waals surface area contributed by atoms with E-state index in [2.05, 4.69) is 251 Å². The second kappa shape index (κ2) is 16.1. The van der Waals surface area contributed by atoms with Crippen LogP contribution in [0.5, 0.6) is 0 Å². The second-order valence-corrected chi connectivity index (χ2v) is 18.1. The first-order valence-corrected chi connectivity index (χ1v) is 23.5. The van der Waals surface area contributed by atoms with Crippen molar-refractivity contribution >= 4 is 126 Å². The van der Waals surface area contributed by atoms with Crippen LogP contribution in [0.2, 0.25) is 0 Å². The first kappa shape index (κ1) is 38.8. The van der Waals surface area contributed by atoms with Crippen molar-refractivity contribution < 1.29 is 4.42 Å². The van der Waals surface area contributed by atoms with Gasteiger partial charge in [0.25, 0.3) is 0 Å². The number of hydrogen-bond donors (Lipinski definition) is 0. The lowest BCUT2D eigenvalue weighted by Gasteiger charge is -2.29. The molecule has 0 saturated heterocycles. The third kappa shape index (κ3) is 6.84. The molecule has 13 rings (SSSR count). The lowest BCUT2D eigenvalue weighted by atomic mass is 9.99. The van der Waals surface area contributed by atoms with Gasteiger partial charge in [-0.25, -0.2) is 0 Å². The molecule has 0 bridgehead atoms. The number of furan rings is 1. The van der Waals surface area contributed by atoms with Crippen molar-refractivity contribution in [1.82, 2.24) is 0 Å². The van der Waals surface area contributed by atoms with Crippen molar-refractivity contribution in [2.45, 2.75) is 0 Å².